The van der Waals surface area contributed by atoms with Crippen molar-refractivity contribution < 1.29 is 4.79 Å². The van der Waals surface area contributed by atoms with Crippen molar-refractivity contribution in [2.24, 2.45) is 17.8 Å². The third kappa shape index (κ3) is 4.53. The maximum absolute atomic E-state index is 12.9. The van der Waals surface area contributed by atoms with Crippen LogP contribution in [0.4, 0.5) is 11.4 Å². The van der Waals surface area contributed by atoms with Crippen molar-refractivity contribution in [2.45, 2.75) is 46.6 Å². The quantitative estimate of drug-likeness (QED) is 0.748. The minimum absolute atomic E-state index is 0.0852. The summed E-state index contributed by atoms with van der Waals surface area (Å²) in [6.45, 7) is 10.4. The summed E-state index contributed by atoms with van der Waals surface area (Å²) in [4.78, 5) is 41.1. The Balaban J connectivity index is 1.38. The van der Waals surface area contributed by atoms with E-state index >= 15 is 0 Å². The third-order valence-electron chi connectivity index (χ3n) is 6.81. The zero-order chi connectivity index (χ0) is 22.1. The molecule has 2 aromatic carbocycles. The van der Waals surface area contributed by atoms with E-state index in [-0.39, 0.29) is 11.3 Å². The first-order chi connectivity index (χ1) is 14.8. The standard InChI is InChI=1S/C25H33N3O3/c1-16-8-10-27(11-9-16)22-21(23(29)24(22)30)26-13-19-4-6-20(7-5-19)25(31)28-14-17(2)12-18(3)15-28/h4-7,16-18,26H,8-15H2,1-3H3. The van der Waals surface area contributed by atoms with Gasteiger partial charge in [0.05, 0.1) is 0 Å². The predicted molar refractivity (Wildman–Crippen MR) is 125 cm³/mol. The summed E-state index contributed by atoms with van der Waals surface area (Å²) in [7, 11) is 0. The Labute approximate surface area is 183 Å². The second-order valence-corrected chi connectivity index (χ2v) is 9.76. The lowest BCUT2D eigenvalue weighted by Crippen LogP contribution is -2.45. The molecule has 0 spiro atoms. The molecular formula is C25H33N3O3. The lowest BCUT2D eigenvalue weighted by molar-refractivity contribution is 0.0623. The summed E-state index contributed by atoms with van der Waals surface area (Å²) in [5.74, 6) is 1.81. The monoisotopic (exact) mass is 423 g/mol. The van der Waals surface area contributed by atoms with Gasteiger partial charge in [0.1, 0.15) is 11.4 Å². The van der Waals surface area contributed by atoms with Crippen LogP contribution in [0.15, 0.2) is 33.9 Å². The minimum Gasteiger partial charge on any atom is -0.376 e. The third-order valence-corrected chi connectivity index (χ3v) is 6.81. The number of nitrogens with one attached hydrogen (secondary N) is 1. The summed E-state index contributed by atoms with van der Waals surface area (Å²) in [5.41, 5.74) is 1.87. The summed E-state index contributed by atoms with van der Waals surface area (Å²) >= 11 is 0. The van der Waals surface area contributed by atoms with Crippen molar-refractivity contribution in [2.75, 3.05) is 36.4 Å². The van der Waals surface area contributed by atoms with Gasteiger partial charge in [0, 0.05) is 38.3 Å². The van der Waals surface area contributed by atoms with Crippen molar-refractivity contribution in [3.8, 4) is 0 Å². The molecule has 2 heterocycles. The molecule has 0 aromatic heterocycles. The molecule has 0 saturated carbocycles. The van der Waals surface area contributed by atoms with Crippen LogP contribution < -0.4 is 21.1 Å². The molecule has 4 rings (SSSR count). The van der Waals surface area contributed by atoms with Gasteiger partial charge in [-0.05, 0) is 54.7 Å². The van der Waals surface area contributed by atoms with E-state index in [9.17, 15) is 14.4 Å². The second kappa shape index (κ2) is 8.85. The van der Waals surface area contributed by atoms with E-state index in [1.807, 2.05) is 29.2 Å². The van der Waals surface area contributed by atoms with Crippen molar-refractivity contribution in [3.63, 3.8) is 0 Å². The van der Waals surface area contributed by atoms with Crippen LogP contribution >= 0.6 is 0 Å². The number of hydrogen-bond donors (Lipinski definition) is 1. The maximum atomic E-state index is 12.9. The highest BCUT2D eigenvalue weighted by Gasteiger charge is 2.28. The van der Waals surface area contributed by atoms with Gasteiger partial charge >= 0.3 is 0 Å². The lowest BCUT2D eigenvalue weighted by atomic mass is 9.91. The van der Waals surface area contributed by atoms with Gasteiger partial charge in [-0.15, -0.1) is 0 Å². The summed E-state index contributed by atoms with van der Waals surface area (Å²) in [6.07, 6.45) is 3.26. The van der Waals surface area contributed by atoms with Gasteiger partial charge in [-0.3, -0.25) is 14.4 Å². The molecule has 1 N–H and O–H groups in total. The van der Waals surface area contributed by atoms with Crippen LogP contribution in [0.1, 0.15) is 56.0 Å². The number of anilines is 2. The lowest BCUT2D eigenvalue weighted by Gasteiger charge is -2.35. The molecule has 2 aliphatic heterocycles. The zero-order valence-corrected chi connectivity index (χ0v) is 18.8. The minimum atomic E-state index is -0.422. The Hall–Kier alpha value is -2.63. The Bertz CT molecular complexity index is 988. The van der Waals surface area contributed by atoms with Crippen LogP contribution in [-0.4, -0.2) is 37.0 Å². The summed E-state index contributed by atoms with van der Waals surface area (Å²) < 4.78 is 0. The van der Waals surface area contributed by atoms with E-state index in [4.69, 9.17) is 0 Å². The summed E-state index contributed by atoms with van der Waals surface area (Å²) in [5, 5.41) is 3.17. The second-order valence-electron chi connectivity index (χ2n) is 9.76. The van der Waals surface area contributed by atoms with Crippen molar-refractivity contribution >= 4 is 17.3 Å². The molecule has 0 radical (unpaired) electrons. The fourth-order valence-electron chi connectivity index (χ4n) is 5.04. The molecule has 0 aliphatic carbocycles. The van der Waals surface area contributed by atoms with Crippen LogP contribution in [-0.2, 0) is 6.54 Å². The largest absolute Gasteiger partial charge is 0.376 e. The number of benzene rings is 1. The van der Waals surface area contributed by atoms with E-state index in [2.05, 4.69) is 31.0 Å². The molecular weight excluding hydrogens is 390 g/mol. The first-order valence-electron chi connectivity index (χ1n) is 11.5. The van der Waals surface area contributed by atoms with Crippen molar-refractivity contribution in [3.05, 3.63) is 55.8 Å². The maximum Gasteiger partial charge on any atom is 0.253 e. The van der Waals surface area contributed by atoms with E-state index < -0.39 is 5.43 Å². The van der Waals surface area contributed by atoms with Gasteiger partial charge in [-0.1, -0.05) is 32.9 Å². The molecule has 0 bridgehead atoms. The normalized spacial score (nSPS) is 22.7. The highest BCUT2D eigenvalue weighted by Crippen LogP contribution is 2.27. The molecule has 166 valence electrons. The molecule has 2 saturated heterocycles. The Morgan fingerprint density at radius 2 is 1.55 bits per heavy atom. The Morgan fingerprint density at radius 1 is 0.935 bits per heavy atom. The van der Waals surface area contributed by atoms with Gasteiger partial charge in [0.15, 0.2) is 0 Å². The first kappa shape index (κ1) is 21.6. The fraction of sp³-hybridized carbons (Fsp3) is 0.560. The van der Waals surface area contributed by atoms with Gasteiger partial charge in [-0.25, -0.2) is 0 Å². The Morgan fingerprint density at radius 3 is 2.16 bits per heavy atom. The number of carbonyl (C=O) groups excluding carboxylic acids is 1. The van der Waals surface area contributed by atoms with Gasteiger partial charge < -0.3 is 15.1 Å². The Kier molecular flexibility index (Phi) is 6.17. The molecule has 2 unspecified atom stereocenters. The van der Waals surface area contributed by atoms with Crippen molar-refractivity contribution in [1.29, 1.82) is 0 Å². The van der Waals surface area contributed by atoms with E-state index in [1.165, 1.54) is 6.42 Å². The van der Waals surface area contributed by atoms with Crippen LogP contribution in [0, 0.1) is 17.8 Å². The zero-order valence-electron chi connectivity index (χ0n) is 18.8. The highest BCUT2D eigenvalue weighted by molar-refractivity contribution is 5.94. The molecule has 31 heavy (non-hydrogen) atoms. The molecule has 1 amide bonds. The molecule has 2 aliphatic rings. The molecule has 6 heteroatoms. The SMILES string of the molecule is CC1CCN(c2c(NCc3ccc(C(=O)N4CC(C)CC(C)C4)cc3)c(=O)c2=O)CC1. The highest BCUT2D eigenvalue weighted by atomic mass is 16.2. The van der Waals surface area contributed by atoms with Crippen LogP contribution in [0.2, 0.25) is 0 Å². The average Bonchev–Trinajstić information content (AvgIpc) is 2.76. The number of carbonyl (C=O) groups is 1. The molecule has 2 atom stereocenters. The van der Waals surface area contributed by atoms with Gasteiger partial charge in [-0.2, -0.15) is 0 Å². The van der Waals surface area contributed by atoms with Gasteiger partial charge in [0.25, 0.3) is 16.8 Å². The number of likely N-dealkylation sites (tertiary alicyclic amines) is 1. The topological polar surface area (TPSA) is 69.7 Å². The van der Waals surface area contributed by atoms with Crippen molar-refractivity contribution in [1.82, 2.24) is 4.90 Å². The van der Waals surface area contributed by atoms with Gasteiger partial charge in [0.2, 0.25) is 0 Å². The predicted octanol–water partition coefficient (Wildman–Crippen LogP) is 3.25. The first-order valence-corrected chi connectivity index (χ1v) is 11.5. The van der Waals surface area contributed by atoms with Crippen LogP contribution in [0.5, 0.6) is 0 Å². The fourth-order valence-corrected chi connectivity index (χ4v) is 5.04. The van der Waals surface area contributed by atoms with Crippen LogP contribution in [0.25, 0.3) is 0 Å². The molecule has 2 fully saturated rings. The number of nitrogens with zero attached hydrogens (tertiary/aromatic N) is 2. The number of amides is 1. The van der Waals surface area contributed by atoms with E-state index in [1.54, 1.807) is 0 Å². The smallest absolute Gasteiger partial charge is 0.253 e. The average molecular weight is 424 g/mol. The van der Waals surface area contributed by atoms with E-state index in [0.29, 0.717) is 41.2 Å². The number of piperidine rings is 2. The molecule has 6 nitrogen and oxygen atoms in total. The van der Waals surface area contributed by atoms with Crippen LogP contribution in [0.3, 0.4) is 0 Å². The van der Waals surface area contributed by atoms with E-state index in [0.717, 1.165) is 44.6 Å². The number of rotatable bonds is 5. The molecule has 2 aromatic rings. The number of hydrogen-bond acceptors (Lipinski definition) is 5. The summed E-state index contributed by atoms with van der Waals surface area (Å²) in [6, 6.07) is 7.56.